The number of carboxylic acid groups (broad SMARTS) is 1. The van der Waals surface area contributed by atoms with Crippen LogP contribution in [0.4, 0.5) is 0 Å². The molecule has 4 nitrogen and oxygen atoms in total. The summed E-state index contributed by atoms with van der Waals surface area (Å²) >= 11 is 0. The molecule has 0 aromatic carbocycles. The predicted octanol–water partition coefficient (Wildman–Crippen LogP) is 0.520. The highest BCUT2D eigenvalue weighted by atomic mass is 16.4. The summed E-state index contributed by atoms with van der Waals surface area (Å²) in [7, 11) is 0. The summed E-state index contributed by atoms with van der Waals surface area (Å²) in [6.45, 7) is 6.46. The summed E-state index contributed by atoms with van der Waals surface area (Å²) in [4.78, 5) is 12.6. The standard InChI is InChI=1S/C9H20N2O2/c1-3-5-11(6-4-2)7-8(10)9(12)13/h8H,3-7,10H2,1-2H3,(H,12,13). The van der Waals surface area contributed by atoms with Crippen LogP contribution in [0.15, 0.2) is 0 Å². The minimum Gasteiger partial charge on any atom is -0.480 e. The van der Waals surface area contributed by atoms with E-state index in [2.05, 4.69) is 18.7 Å². The maximum Gasteiger partial charge on any atom is 0.321 e. The highest BCUT2D eigenvalue weighted by Crippen LogP contribution is 1.95. The summed E-state index contributed by atoms with van der Waals surface area (Å²) in [5, 5.41) is 8.62. The van der Waals surface area contributed by atoms with Crippen LogP contribution in [0.3, 0.4) is 0 Å². The number of carboxylic acids is 1. The van der Waals surface area contributed by atoms with E-state index in [1.54, 1.807) is 0 Å². The van der Waals surface area contributed by atoms with Crippen LogP contribution in [-0.2, 0) is 4.79 Å². The second kappa shape index (κ2) is 6.86. The van der Waals surface area contributed by atoms with E-state index in [0.717, 1.165) is 25.9 Å². The molecule has 0 aliphatic carbocycles. The fraction of sp³-hybridized carbons (Fsp3) is 0.889. The van der Waals surface area contributed by atoms with Gasteiger partial charge < -0.3 is 15.7 Å². The third-order valence-corrected chi connectivity index (χ3v) is 1.85. The van der Waals surface area contributed by atoms with Crippen molar-refractivity contribution in [2.45, 2.75) is 32.7 Å². The molecule has 0 aromatic rings. The van der Waals surface area contributed by atoms with Gasteiger partial charge in [-0.25, -0.2) is 0 Å². The van der Waals surface area contributed by atoms with E-state index in [4.69, 9.17) is 10.8 Å². The Kier molecular flexibility index (Phi) is 6.54. The molecule has 0 heterocycles. The second-order valence-electron chi connectivity index (χ2n) is 3.25. The summed E-state index contributed by atoms with van der Waals surface area (Å²) in [6, 6.07) is -0.752. The zero-order chi connectivity index (χ0) is 10.3. The van der Waals surface area contributed by atoms with E-state index in [-0.39, 0.29) is 0 Å². The van der Waals surface area contributed by atoms with Crippen LogP contribution < -0.4 is 5.73 Å². The zero-order valence-corrected chi connectivity index (χ0v) is 8.49. The summed E-state index contributed by atoms with van der Waals surface area (Å²) in [6.07, 6.45) is 2.07. The molecule has 0 radical (unpaired) electrons. The van der Waals surface area contributed by atoms with Gasteiger partial charge >= 0.3 is 5.97 Å². The molecule has 0 aliphatic rings. The Hall–Kier alpha value is -0.610. The quantitative estimate of drug-likeness (QED) is 0.611. The van der Waals surface area contributed by atoms with Crippen LogP contribution >= 0.6 is 0 Å². The summed E-state index contributed by atoms with van der Waals surface area (Å²) in [5.41, 5.74) is 5.44. The Labute approximate surface area is 79.7 Å². The van der Waals surface area contributed by atoms with Crippen molar-refractivity contribution in [3.63, 3.8) is 0 Å². The number of carbonyl (C=O) groups is 1. The van der Waals surface area contributed by atoms with Gasteiger partial charge in [0.15, 0.2) is 0 Å². The lowest BCUT2D eigenvalue weighted by Gasteiger charge is -2.22. The van der Waals surface area contributed by atoms with E-state index in [1.165, 1.54) is 0 Å². The highest BCUT2D eigenvalue weighted by Gasteiger charge is 2.14. The van der Waals surface area contributed by atoms with Crippen molar-refractivity contribution in [2.24, 2.45) is 5.73 Å². The maximum atomic E-state index is 10.5. The Morgan fingerprint density at radius 1 is 1.38 bits per heavy atom. The van der Waals surface area contributed by atoms with Crippen LogP contribution in [-0.4, -0.2) is 41.7 Å². The molecule has 78 valence electrons. The van der Waals surface area contributed by atoms with E-state index in [0.29, 0.717) is 6.54 Å². The predicted molar refractivity (Wildman–Crippen MR) is 52.6 cm³/mol. The molecule has 0 saturated heterocycles. The van der Waals surface area contributed by atoms with Gasteiger partial charge in [-0.1, -0.05) is 13.8 Å². The Bertz CT molecular complexity index is 145. The molecule has 0 saturated carbocycles. The molecule has 0 bridgehead atoms. The molecule has 0 spiro atoms. The minimum atomic E-state index is -0.919. The molecule has 0 rings (SSSR count). The molecule has 3 N–H and O–H groups in total. The van der Waals surface area contributed by atoms with E-state index in [9.17, 15) is 4.79 Å². The Morgan fingerprint density at radius 2 is 1.85 bits per heavy atom. The lowest BCUT2D eigenvalue weighted by Crippen LogP contribution is -2.43. The van der Waals surface area contributed by atoms with E-state index in [1.807, 2.05) is 0 Å². The van der Waals surface area contributed by atoms with Crippen molar-refractivity contribution in [1.82, 2.24) is 4.90 Å². The molecule has 1 atom stereocenters. The Morgan fingerprint density at radius 3 is 2.15 bits per heavy atom. The van der Waals surface area contributed by atoms with Gasteiger partial charge in [0.25, 0.3) is 0 Å². The number of nitrogens with zero attached hydrogens (tertiary/aromatic N) is 1. The van der Waals surface area contributed by atoms with Crippen molar-refractivity contribution in [3.8, 4) is 0 Å². The van der Waals surface area contributed by atoms with Gasteiger partial charge in [-0.2, -0.15) is 0 Å². The largest absolute Gasteiger partial charge is 0.480 e. The van der Waals surface area contributed by atoms with Gasteiger partial charge in [-0.3, -0.25) is 4.79 Å². The Balaban J connectivity index is 3.85. The first-order valence-corrected chi connectivity index (χ1v) is 4.82. The first-order chi connectivity index (χ1) is 6.11. The van der Waals surface area contributed by atoms with Gasteiger partial charge in [0.2, 0.25) is 0 Å². The molecule has 0 aromatic heterocycles. The van der Waals surface area contributed by atoms with Crippen molar-refractivity contribution in [2.75, 3.05) is 19.6 Å². The molecular weight excluding hydrogens is 168 g/mol. The average Bonchev–Trinajstić information content (AvgIpc) is 2.05. The number of nitrogens with two attached hydrogens (primary N) is 1. The molecule has 4 heteroatoms. The van der Waals surface area contributed by atoms with Crippen LogP contribution in [0.1, 0.15) is 26.7 Å². The highest BCUT2D eigenvalue weighted by molar-refractivity contribution is 5.73. The van der Waals surface area contributed by atoms with Crippen molar-refractivity contribution < 1.29 is 9.90 Å². The third kappa shape index (κ3) is 5.60. The van der Waals surface area contributed by atoms with Crippen LogP contribution in [0.5, 0.6) is 0 Å². The van der Waals surface area contributed by atoms with Gasteiger partial charge in [-0.05, 0) is 25.9 Å². The third-order valence-electron chi connectivity index (χ3n) is 1.85. The van der Waals surface area contributed by atoms with Crippen molar-refractivity contribution in [1.29, 1.82) is 0 Å². The SMILES string of the molecule is CCCN(CCC)CC(N)C(=O)O. The zero-order valence-electron chi connectivity index (χ0n) is 8.49. The number of rotatable bonds is 7. The van der Waals surface area contributed by atoms with Gasteiger partial charge in [0, 0.05) is 6.54 Å². The lowest BCUT2D eigenvalue weighted by molar-refractivity contribution is -0.139. The first kappa shape index (κ1) is 12.4. The van der Waals surface area contributed by atoms with Crippen LogP contribution in [0.25, 0.3) is 0 Å². The van der Waals surface area contributed by atoms with Crippen molar-refractivity contribution in [3.05, 3.63) is 0 Å². The summed E-state index contributed by atoms with van der Waals surface area (Å²) in [5.74, 6) is -0.919. The van der Waals surface area contributed by atoms with E-state index < -0.39 is 12.0 Å². The van der Waals surface area contributed by atoms with Crippen molar-refractivity contribution >= 4 is 5.97 Å². The molecule has 1 unspecified atom stereocenters. The fourth-order valence-corrected chi connectivity index (χ4v) is 1.28. The number of aliphatic carboxylic acids is 1. The molecule has 0 fully saturated rings. The number of hydrogen-bond acceptors (Lipinski definition) is 3. The van der Waals surface area contributed by atoms with Crippen LogP contribution in [0.2, 0.25) is 0 Å². The van der Waals surface area contributed by atoms with Gasteiger partial charge in [-0.15, -0.1) is 0 Å². The van der Waals surface area contributed by atoms with Gasteiger partial charge in [0.1, 0.15) is 6.04 Å². The monoisotopic (exact) mass is 188 g/mol. The molecular formula is C9H20N2O2. The molecule has 13 heavy (non-hydrogen) atoms. The average molecular weight is 188 g/mol. The topological polar surface area (TPSA) is 66.6 Å². The maximum absolute atomic E-state index is 10.5. The molecule has 0 amide bonds. The number of hydrogen-bond donors (Lipinski definition) is 2. The van der Waals surface area contributed by atoms with E-state index >= 15 is 0 Å². The second-order valence-corrected chi connectivity index (χ2v) is 3.25. The summed E-state index contributed by atoms with van der Waals surface area (Å²) < 4.78 is 0. The first-order valence-electron chi connectivity index (χ1n) is 4.82. The fourth-order valence-electron chi connectivity index (χ4n) is 1.28. The lowest BCUT2D eigenvalue weighted by atomic mass is 10.2. The molecule has 0 aliphatic heterocycles. The van der Waals surface area contributed by atoms with Gasteiger partial charge in [0.05, 0.1) is 0 Å². The minimum absolute atomic E-state index is 0.455. The smallest absolute Gasteiger partial charge is 0.321 e. The normalized spacial score (nSPS) is 13.2. The van der Waals surface area contributed by atoms with Crippen LogP contribution in [0, 0.1) is 0 Å².